The standard InChI is InChI=1S/C64H41NOS/c1-5-16-42(17-6-1)48-31-36-54-55-26-15-27-58(63(55)66-59(54)40-48)65(50-33-28-47(29-34-50)61-51-25-14-13-24-46(51)30-35-52(61)44-20-9-3-10-21-44)57-39-38-53(45-22-11-4-12-23-45)64-62(57)56-37-32-49(41-60(56)67-64)43-18-7-2-8-19-43/h1-41H. The van der Waals surface area contributed by atoms with E-state index in [0.717, 1.165) is 55.7 Å². The van der Waals surface area contributed by atoms with Gasteiger partial charge in [-0.25, -0.2) is 0 Å². The molecule has 0 N–H and O–H groups in total. The molecule has 0 saturated heterocycles. The highest BCUT2D eigenvalue weighted by Gasteiger charge is 2.25. The van der Waals surface area contributed by atoms with E-state index in [1.807, 2.05) is 11.3 Å². The van der Waals surface area contributed by atoms with Crippen molar-refractivity contribution in [1.29, 1.82) is 0 Å². The van der Waals surface area contributed by atoms with Crippen LogP contribution in [-0.4, -0.2) is 0 Å². The molecule has 2 nitrogen and oxygen atoms in total. The molecule has 11 aromatic carbocycles. The lowest BCUT2D eigenvalue weighted by Gasteiger charge is -2.27. The molecule has 0 unspecified atom stereocenters. The van der Waals surface area contributed by atoms with Gasteiger partial charge in [-0.3, -0.25) is 0 Å². The molecule has 0 aliphatic rings. The molecule has 0 spiro atoms. The van der Waals surface area contributed by atoms with Crippen molar-refractivity contribution in [2.24, 2.45) is 0 Å². The van der Waals surface area contributed by atoms with Crippen molar-refractivity contribution in [3.8, 4) is 55.6 Å². The molecule has 0 amide bonds. The van der Waals surface area contributed by atoms with E-state index >= 15 is 0 Å². The lowest BCUT2D eigenvalue weighted by atomic mass is 9.89. The van der Waals surface area contributed by atoms with E-state index in [2.05, 4.69) is 254 Å². The van der Waals surface area contributed by atoms with Gasteiger partial charge in [-0.05, 0) is 109 Å². The molecule has 0 fully saturated rings. The molecule has 13 rings (SSSR count). The van der Waals surface area contributed by atoms with Crippen LogP contribution in [0, 0.1) is 0 Å². The Morgan fingerprint density at radius 2 is 0.910 bits per heavy atom. The van der Waals surface area contributed by atoms with E-state index in [1.54, 1.807) is 0 Å². The fourth-order valence-corrected chi connectivity index (χ4v) is 11.4. The lowest BCUT2D eigenvalue weighted by Crippen LogP contribution is -2.10. The number of hydrogen-bond acceptors (Lipinski definition) is 3. The zero-order valence-electron chi connectivity index (χ0n) is 36.4. The Hall–Kier alpha value is -8.50. The van der Waals surface area contributed by atoms with Crippen molar-refractivity contribution in [1.82, 2.24) is 0 Å². The molecule has 13 aromatic rings. The fraction of sp³-hybridized carbons (Fsp3) is 0. The first-order valence-electron chi connectivity index (χ1n) is 22.8. The summed E-state index contributed by atoms with van der Waals surface area (Å²) in [6.45, 7) is 0. The molecule has 0 atom stereocenters. The molecular formula is C64H41NOS. The number of benzene rings is 11. The lowest BCUT2D eigenvalue weighted by molar-refractivity contribution is 0.669. The van der Waals surface area contributed by atoms with Crippen LogP contribution in [0.2, 0.25) is 0 Å². The fourth-order valence-electron chi connectivity index (χ4n) is 10.1. The maximum Gasteiger partial charge on any atom is 0.159 e. The predicted octanol–water partition coefficient (Wildman–Crippen LogP) is 18.9. The highest BCUT2D eigenvalue weighted by molar-refractivity contribution is 7.26. The van der Waals surface area contributed by atoms with Crippen LogP contribution in [0.1, 0.15) is 0 Å². The number of hydrogen-bond donors (Lipinski definition) is 0. The molecule has 0 saturated carbocycles. The van der Waals surface area contributed by atoms with Crippen LogP contribution in [0.25, 0.3) is 109 Å². The smallest absolute Gasteiger partial charge is 0.159 e. The molecule has 3 heteroatoms. The van der Waals surface area contributed by atoms with Crippen LogP contribution in [0.15, 0.2) is 253 Å². The molecule has 2 heterocycles. The number of thiophene rings is 1. The second-order valence-electron chi connectivity index (χ2n) is 17.2. The zero-order valence-corrected chi connectivity index (χ0v) is 37.3. The minimum atomic E-state index is 0.846. The van der Waals surface area contributed by atoms with Gasteiger partial charge in [0.25, 0.3) is 0 Å². The molecule has 0 aliphatic carbocycles. The van der Waals surface area contributed by atoms with Gasteiger partial charge in [-0.15, -0.1) is 11.3 Å². The summed E-state index contributed by atoms with van der Waals surface area (Å²) in [5.41, 5.74) is 16.7. The molecule has 0 bridgehead atoms. The van der Waals surface area contributed by atoms with Gasteiger partial charge in [0.15, 0.2) is 5.58 Å². The normalized spacial score (nSPS) is 11.6. The number of fused-ring (bicyclic) bond motifs is 7. The Morgan fingerprint density at radius 1 is 0.343 bits per heavy atom. The van der Waals surface area contributed by atoms with E-state index in [0.29, 0.717) is 0 Å². The summed E-state index contributed by atoms with van der Waals surface area (Å²) in [5.74, 6) is 0. The number of para-hydroxylation sites is 1. The summed E-state index contributed by atoms with van der Waals surface area (Å²) < 4.78 is 9.57. The second-order valence-corrected chi connectivity index (χ2v) is 18.2. The Morgan fingerprint density at radius 3 is 1.61 bits per heavy atom. The topological polar surface area (TPSA) is 16.4 Å². The SMILES string of the molecule is c1ccc(-c2ccc3c(c2)oc2c(N(c4ccc(-c5c(-c6ccccc6)ccc6ccccc56)cc4)c4ccc(-c5ccccc5)c5sc6cc(-c7ccccc7)ccc6c45)cccc23)cc1. The monoisotopic (exact) mass is 871 g/mol. The summed E-state index contributed by atoms with van der Waals surface area (Å²) in [6.07, 6.45) is 0. The van der Waals surface area contributed by atoms with E-state index in [4.69, 9.17) is 4.42 Å². The van der Waals surface area contributed by atoms with Crippen molar-refractivity contribution >= 4 is 81.3 Å². The summed E-state index contributed by atoms with van der Waals surface area (Å²) >= 11 is 1.87. The van der Waals surface area contributed by atoms with E-state index in [-0.39, 0.29) is 0 Å². The quantitative estimate of drug-likeness (QED) is 0.151. The zero-order chi connectivity index (χ0) is 44.3. The van der Waals surface area contributed by atoms with Crippen LogP contribution >= 0.6 is 11.3 Å². The Balaban J connectivity index is 1.07. The number of rotatable bonds is 8. The van der Waals surface area contributed by atoms with Crippen LogP contribution in [0.3, 0.4) is 0 Å². The third-order valence-electron chi connectivity index (χ3n) is 13.3. The number of anilines is 3. The molecule has 0 radical (unpaired) electrons. The first-order valence-corrected chi connectivity index (χ1v) is 23.6. The van der Waals surface area contributed by atoms with E-state index < -0.39 is 0 Å². The predicted molar refractivity (Wildman–Crippen MR) is 286 cm³/mol. The van der Waals surface area contributed by atoms with E-state index in [9.17, 15) is 0 Å². The first-order chi connectivity index (χ1) is 33.2. The van der Waals surface area contributed by atoms with E-state index in [1.165, 1.54) is 69.9 Å². The third-order valence-corrected chi connectivity index (χ3v) is 14.5. The van der Waals surface area contributed by atoms with Gasteiger partial charge in [-0.2, -0.15) is 0 Å². The minimum Gasteiger partial charge on any atom is -0.454 e. The van der Waals surface area contributed by atoms with Crippen LogP contribution in [-0.2, 0) is 0 Å². The molecular weight excluding hydrogens is 831 g/mol. The summed E-state index contributed by atoms with van der Waals surface area (Å²) in [7, 11) is 0. The number of furan rings is 1. The maximum atomic E-state index is 7.08. The maximum absolute atomic E-state index is 7.08. The van der Waals surface area contributed by atoms with Crippen LogP contribution < -0.4 is 4.90 Å². The Bertz CT molecular complexity index is 3950. The Kier molecular flexibility index (Phi) is 9.40. The van der Waals surface area contributed by atoms with Gasteiger partial charge in [0, 0.05) is 36.6 Å². The van der Waals surface area contributed by atoms with Crippen molar-refractivity contribution in [2.45, 2.75) is 0 Å². The summed E-state index contributed by atoms with van der Waals surface area (Å²) in [6, 6.07) is 90.0. The molecule has 314 valence electrons. The van der Waals surface area contributed by atoms with Crippen LogP contribution in [0.5, 0.6) is 0 Å². The van der Waals surface area contributed by atoms with Crippen molar-refractivity contribution < 1.29 is 4.42 Å². The Labute approximate surface area is 392 Å². The first kappa shape index (κ1) is 38.9. The second kappa shape index (κ2) is 16.2. The summed E-state index contributed by atoms with van der Waals surface area (Å²) in [5, 5.41) is 7.06. The van der Waals surface area contributed by atoms with Gasteiger partial charge >= 0.3 is 0 Å². The highest BCUT2D eigenvalue weighted by Crippen LogP contribution is 2.51. The van der Waals surface area contributed by atoms with Crippen molar-refractivity contribution in [3.63, 3.8) is 0 Å². The molecule has 67 heavy (non-hydrogen) atoms. The largest absolute Gasteiger partial charge is 0.454 e. The van der Waals surface area contributed by atoms with Crippen LogP contribution in [0.4, 0.5) is 17.1 Å². The van der Waals surface area contributed by atoms with Gasteiger partial charge in [0.05, 0.1) is 11.4 Å². The van der Waals surface area contributed by atoms with Gasteiger partial charge < -0.3 is 9.32 Å². The molecule has 2 aromatic heterocycles. The average molecular weight is 872 g/mol. The summed E-state index contributed by atoms with van der Waals surface area (Å²) in [4.78, 5) is 2.43. The van der Waals surface area contributed by atoms with Crippen molar-refractivity contribution in [2.75, 3.05) is 4.90 Å². The van der Waals surface area contributed by atoms with Gasteiger partial charge in [-0.1, -0.05) is 206 Å². The third kappa shape index (κ3) is 6.71. The molecule has 0 aliphatic heterocycles. The van der Waals surface area contributed by atoms with Gasteiger partial charge in [0.2, 0.25) is 0 Å². The van der Waals surface area contributed by atoms with Crippen molar-refractivity contribution in [3.05, 3.63) is 249 Å². The minimum absolute atomic E-state index is 0.846. The van der Waals surface area contributed by atoms with Gasteiger partial charge in [0.1, 0.15) is 5.58 Å². The number of nitrogens with zero attached hydrogens (tertiary/aromatic N) is 1. The average Bonchev–Trinajstić information content (AvgIpc) is 3.99. The highest BCUT2D eigenvalue weighted by atomic mass is 32.1.